The topological polar surface area (TPSA) is 85.9 Å². The second-order valence-corrected chi connectivity index (χ2v) is 11.9. The van der Waals surface area contributed by atoms with Crippen LogP contribution in [0.2, 0.25) is 0 Å². The van der Waals surface area contributed by atoms with Crippen molar-refractivity contribution in [3.63, 3.8) is 0 Å². The molecule has 1 aromatic carbocycles. The van der Waals surface area contributed by atoms with Gasteiger partial charge in [0.1, 0.15) is 12.6 Å². The van der Waals surface area contributed by atoms with Gasteiger partial charge in [-0.05, 0) is 57.4 Å². The van der Waals surface area contributed by atoms with Crippen molar-refractivity contribution in [2.75, 3.05) is 0 Å². The highest BCUT2D eigenvalue weighted by Gasteiger charge is 2.54. The number of amides is 2. The van der Waals surface area contributed by atoms with E-state index in [1.807, 2.05) is 71.9 Å². The van der Waals surface area contributed by atoms with Gasteiger partial charge in [-0.3, -0.25) is 4.79 Å². The van der Waals surface area contributed by atoms with E-state index in [0.29, 0.717) is 12.8 Å². The van der Waals surface area contributed by atoms with Crippen molar-refractivity contribution in [2.24, 2.45) is 11.3 Å². The Morgan fingerprint density at radius 3 is 2.06 bits per heavy atom. The van der Waals surface area contributed by atoms with Gasteiger partial charge in [-0.1, -0.05) is 65.0 Å². The molecular weight excluding hydrogens is 431 g/mol. The van der Waals surface area contributed by atoms with E-state index < -0.39 is 30.5 Å². The molecule has 0 aliphatic carbocycles. The van der Waals surface area contributed by atoms with Gasteiger partial charge >= 0.3 is 13.2 Å². The monoisotopic (exact) mass is 474 g/mol. The zero-order valence-electron chi connectivity index (χ0n) is 22.4. The van der Waals surface area contributed by atoms with Gasteiger partial charge in [0.2, 0.25) is 5.91 Å². The van der Waals surface area contributed by atoms with Gasteiger partial charge in [-0.25, -0.2) is 4.79 Å². The molecule has 0 aromatic heterocycles. The molecule has 1 fully saturated rings. The Kier molecular flexibility index (Phi) is 9.22. The lowest BCUT2D eigenvalue weighted by Gasteiger charge is -2.32. The molecule has 0 radical (unpaired) electrons. The van der Waals surface area contributed by atoms with Crippen molar-refractivity contribution in [3.05, 3.63) is 35.9 Å². The molecule has 0 spiro atoms. The first-order valence-electron chi connectivity index (χ1n) is 12.2. The van der Waals surface area contributed by atoms with Crippen LogP contribution in [-0.2, 0) is 25.4 Å². The lowest BCUT2D eigenvalue weighted by Crippen LogP contribution is -2.55. The predicted octanol–water partition coefficient (Wildman–Crippen LogP) is 4.88. The van der Waals surface area contributed by atoms with Crippen molar-refractivity contribution in [1.82, 2.24) is 10.6 Å². The fourth-order valence-electron chi connectivity index (χ4n) is 3.82. The van der Waals surface area contributed by atoms with Gasteiger partial charge < -0.3 is 24.7 Å². The van der Waals surface area contributed by atoms with E-state index in [2.05, 4.69) is 31.4 Å². The molecule has 8 heteroatoms. The van der Waals surface area contributed by atoms with Gasteiger partial charge in [-0.2, -0.15) is 0 Å². The smallest absolute Gasteiger partial charge is 0.445 e. The molecule has 1 aliphatic rings. The van der Waals surface area contributed by atoms with E-state index in [1.165, 1.54) is 0 Å². The minimum atomic E-state index is -0.729. The van der Waals surface area contributed by atoms with Crippen LogP contribution in [0.3, 0.4) is 0 Å². The molecule has 2 rings (SSSR count). The summed E-state index contributed by atoms with van der Waals surface area (Å²) in [5.74, 6) is -0.442. The van der Waals surface area contributed by atoms with Crippen molar-refractivity contribution in [1.29, 1.82) is 0 Å². The average Bonchev–Trinajstić information content (AvgIpc) is 2.92. The normalized spacial score (nSPS) is 18.9. The van der Waals surface area contributed by atoms with Crippen molar-refractivity contribution in [3.8, 4) is 0 Å². The number of hydrogen-bond donors (Lipinski definition) is 2. The molecule has 0 bridgehead atoms. The number of alkyl carbamates (subject to hydrolysis) is 1. The molecule has 0 unspecified atom stereocenters. The maximum atomic E-state index is 13.4. The third-order valence-corrected chi connectivity index (χ3v) is 6.29. The molecule has 1 aliphatic heterocycles. The van der Waals surface area contributed by atoms with E-state index in [1.54, 1.807) is 0 Å². The van der Waals surface area contributed by atoms with Crippen molar-refractivity contribution < 1.29 is 23.6 Å². The third-order valence-electron chi connectivity index (χ3n) is 6.29. The highest BCUT2D eigenvalue weighted by atomic mass is 16.7. The lowest BCUT2D eigenvalue weighted by molar-refractivity contribution is -0.124. The van der Waals surface area contributed by atoms with Crippen LogP contribution >= 0.6 is 0 Å². The van der Waals surface area contributed by atoms with Crippen LogP contribution in [0.1, 0.15) is 80.7 Å². The van der Waals surface area contributed by atoms with Crippen LogP contribution in [0.5, 0.6) is 0 Å². The summed E-state index contributed by atoms with van der Waals surface area (Å²) in [6.45, 7) is 18.5. The van der Waals surface area contributed by atoms with Crippen LogP contribution in [-0.4, -0.2) is 42.3 Å². The summed E-state index contributed by atoms with van der Waals surface area (Å²) >= 11 is 0. The van der Waals surface area contributed by atoms with Crippen LogP contribution in [0.25, 0.3) is 0 Å². The minimum absolute atomic E-state index is 0.0723. The summed E-state index contributed by atoms with van der Waals surface area (Å²) in [6.07, 6.45) is 0.521. The Labute approximate surface area is 205 Å². The minimum Gasteiger partial charge on any atom is -0.445 e. The van der Waals surface area contributed by atoms with E-state index >= 15 is 0 Å². The number of ether oxygens (including phenoxy) is 1. The van der Waals surface area contributed by atoms with Gasteiger partial charge in [0.25, 0.3) is 0 Å². The first-order chi connectivity index (χ1) is 15.6. The molecule has 34 heavy (non-hydrogen) atoms. The van der Waals surface area contributed by atoms with Crippen molar-refractivity contribution in [2.45, 2.75) is 105 Å². The Morgan fingerprint density at radius 2 is 1.56 bits per heavy atom. The molecule has 2 N–H and O–H groups in total. The number of carbonyl (C=O) groups is 2. The van der Waals surface area contributed by atoms with Crippen LogP contribution in [0, 0.1) is 11.3 Å². The Balaban J connectivity index is 2.10. The number of carbonyl (C=O) groups excluding carboxylic acids is 2. The summed E-state index contributed by atoms with van der Waals surface area (Å²) in [6, 6.07) is 8.71. The van der Waals surface area contributed by atoms with Crippen LogP contribution < -0.4 is 10.6 Å². The average molecular weight is 474 g/mol. The maximum absolute atomic E-state index is 13.4. The second-order valence-electron chi connectivity index (χ2n) is 11.9. The summed E-state index contributed by atoms with van der Waals surface area (Å²) < 4.78 is 17.9. The van der Waals surface area contributed by atoms with Gasteiger partial charge in [-0.15, -0.1) is 0 Å². The lowest BCUT2D eigenvalue weighted by atomic mass is 9.70. The predicted molar refractivity (Wildman–Crippen MR) is 135 cm³/mol. The summed E-state index contributed by atoms with van der Waals surface area (Å²) in [5, 5.41) is 5.87. The molecule has 1 aromatic rings. The molecule has 1 heterocycles. The van der Waals surface area contributed by atoms with Gasteiger partial charge in [0.05, 0.1) is 17.1 Å². The molecule has 0 saturated carbocycles. The molecule has 2 amide bonds. The fourth-order valence-corrected chi connectivity index (χ4v) is 3.82. The Morgan fingerprint density at radius 1 is 1.00 bits per heavy atom. The van der Waals surface area contributed by atoms with Crippen LogP contribution in [0.4, 0.5) is 4.79 Å². The molecule has 1 saturated heterocycles. The Bertz CT molecular complexity index is 804. The zero-order valence-corrected chi connectivity index (χ0v) is 22.4. The van der Waals surface area contributed by atoms with E-state index in [9.17, 15) is 9.59 Å². The van der Waals surface area contributed by atoms with E-state index in [4.69, 9.17) is 14.0 Å². The van der Waals surface area contributed by atoms with Crippen molar-refractivity contribution >= 4 is 19.1 Å². The van der Waals surface area contributed by atoms with Crippen LogP contribution in [0.15, 0.2) is 30.3 Å². The van der Waals surface area contributed by atoms with E-state index in [0.717, 1.165) is 5.56 Å². The Hall–Kier alpha value is -2.06. The molecule has 2 atom stereocenters. The number of hydrogen-bond acceptors (Lipinski definition) is 5. The first kappa shape index (κ1) is 28.2. The number of nitrogens with one attached hydrogen (secondary N) is 2. The molecular formula is C26H43BN2O5. The summed E-state index contributed by atoms with van der Waals surface area (Å²) in [7, 11) is -0.585. The standard InChI is InChI=1S/C26H43BN2O5/c1-18(2)15-20(28-23(31)32-17-19-13-11-10-12-14-19)22(30)29-21(16-24(3,4)5)27-33-25(6,7)26(8,9)34-27/h10-14,18,20-21H,15-17H2,1-9H3,(H,28,31)(H,29,30)/t20-,21-/m0/s1. The quantitative estimate of drug-likeness (QED) is 0.499. The highest BCUT2D eigenvalue weighted by molar-refractivity contribution is 6.48. The summed E-state index contributed by atoms with van der Waals surface area (Å²) in [5.41, 5.74) is -0.199. The zero-order chi connectivity index (χ0) is 25.7. The van der Waals surface area contributed by atoms with Gasteiger partial charge in [0, 0.05) is 0 Å². The number of benzene rings is 1. The van der Waals surface area contributed by atoms with E-state index in [-0.39, 0.29) is 29.8 Å². The first-order valence-corrected chi connectivity index (χ1v) is 12.2. The third kappa shape index (κ3) is 8.31. The largest absolute Gasteiger partial charge is 0.481 e. The number of rotatable bonds is 9. The molecule has 190 valence electrons. The second kappa shape index (κ2) is 11.1. The highest BCUT2D eigenvalue weighted by Crippen LogP contribution is 2.39. The molecule has 7 nitrogen and oxygen atoms in total. The maximum Gasteiger partial charge on any atom is 0.481 e. The SMILES string of the molecule is CC(C)C[C@H](NC(=O)OCc1ccccc1)C(=O)N[C@@H](CC(C)(C)C)B1OC(C)(C)C(C)(C)O1. The summed E-state index contributed by atoms with van der Waals surface area (Å²) in [4.78, 5) is 25.9. The fraction of sp³-hybridized carbons (Fsp3) is 0.692. The van der Waals surface area contributed by atoms with Gasteiger partial charge in [0.15, 0.2) is 0 Å².